The van der Waals surface area contributed by atoms with Crippen molar-refractivity contribution in [2.24, 2.45) is 0 Å². The van der Waals surface area contributed by atoms with Crippen LogP contribution in [-0.4, -0.2) is 72.0 Å². The molecule has 2 aromatic rings. The van der Waals surface area contributed by atoms with Crippen LogP contribution in [0.5, 0.6) is 0 Å². The molecule has 0 radical (unpaired) electrons. The van der Waals surface area contributed by atoms with Gasteiger partial charge in [0.1, 0.15) is 11.0 Å². The van der Waals surface area contributed by atoms with Gasteiger partial charge in [-0.3, -0.25) is 4.79 Å². The van der Waals surface area contributed by atoms with Crippen molar-refractivity contribution in [3.8, 4) is 0 Å². The van der Waals surface area contributed by atoms with Gasteiger partial charge >= 0.3 is 0 Å². The molecule has 0 unspecified atom stereocenters. The smallest absolute Gasteiger partial charge is 0.263 e. The van der Waals surface area contributed by atoms with E-state index in [4.69, 9.17) is 4.84 Å². The predicted octanol–water partition coefficient (Wildman–Crippen LogP) is 0.511. The van der Waals surface area contributed by atoms with Crippen molar-refractivity contribution in [3.63, 3.8) is 0 Å². The minimum absolute atomic E-state index is 0.109. The fraction of sp³-hybridized carbons (Fsp3) is 0.562. The topological polar surface area (TPSA) is 97.6 Å². The number of rotatable bonds is 5. The number of fused-ring (bicyclic) bond motifs is 1. The average molecular weight is 381 g/mol. The van der Waals surface area contributed by atoms with E-state index in [1.165, 1.54) is 26.2 Å². The molecule has 1 aliphatic rings. The van der Waals surface area contributed by atoms with Crippen LogP contribution < -0.4 is 4.84 Å². The van der Waals surface area contributed by atoms with Gasteiger partial charge in [0.15, 0.2) is 6.61 Å². The molecular formula is C16H23N5O4S. The maximum Gasteiger partial charge on any atom is 0.263 e. The number of carbonyl (C=O) groups excluding carboxylic acids is 1. The first-order valence-corrected chi connectivity index (χ1v) is 9.95. The molecule has 0 bridgehead atoms. The number of carbonyl (C=O) groups is 1. The minimum atomic E-state index is -3.58. The van der Waals surface area contributed by atoms with Crippen molar-refractivity contribution >= 4 is 27.0 Å². The minimum Gasteiger partial charge on any atom is -0.385 e. The molecule has 1 atom stereocenters. The number of hydrogen-bond acceptors (Lipinski definition) is 6. The van der Waals surface area contributed by atoms with Crippen molar-refractivity contribution in [2.75, 3.05) is 27.2 Å². The van der Waals surface area contributed by atoms with E-state index in [9.17, 15) is 13.2 Å². The molecule has 0 aliphatic carbocycles. The van der Waals surface area contributed by atoms with Gasteiger partial charge in [-0.05, 0) is 49.6 Å². The van der Waals surface area contributed by atoms with Gasteiger partial charge in [0.25, 0.3) is 5.91 Å². The maximum absolute atomic E-state index is 12.4. The lowest BCUT2D eigenvalue weighted by Gasteiger charge is -2.33. The lowest BCUT2D eigenvalue weighted by Crippen LogP contribution is -2.45. The quantitative estimate of drug-likeness (QED) is 0.749. The number of hydrogen-bond donors (Lipinski definition) is 0. The Morgan fingerprint density at radius 1 is 1.35 bits per heavy atom. The average Bonchev–Trinajstić information content (AvgIpc) is 3.02. The van der Waals surface area contributed by atoms with E-state index < -0.39 is 10.0 Å². The largest absolute Gasteiger partial charge is 0.385 e. The summed E-state index contributed by atoms with van der Waals surface area (Å²) in [5.74, 6) is -0.113. The molecule has 26 heavy (non-hydrogen) atoms. The Hall–Kier alpha value is -2.20. The molecule has 142 valence electrons. The van der Waals surface area contributed by atoms with E-state index in [0.29, 0.717) is 11.0 Å². The molecule has 1 amide bonds. The molecule has 1 aromatic heterocycles. The van der Waals surface area contributed by atoms with E-state index in [1.807, 2.05) is 11.8 Å². The van der Waals surface area contributed by atoms with Gasteiger partial charge in [0.2, 0.25) is 10.0 Å². The second-order valence-corrected chi connectivity index (χ2v) is 8.76. The van der Waals surface area contributed by atoms with Crippen LogP contribution in [0.25, 0.3) is 11.0 Å². The summed E-state index contributed by atoms with van der Waals surface area (Å²) in [6.07, 6.45) is 3.11. The first-order valence-electron chi connectivity index (χ1n) is 8.51. The zero-order chi connectivity index (χ0) is 18.9. The molecule has 2 heterocycles. The third-order valence-corrected chi connectivity index (χ3v) is 6.41. The number of amides is 1. The monoisotopic (exact) mass is 381 g/mol. The maximum atomic E-state index is 12.4. The number of nitrogens with zero attached hydrogens (tertiary/aromatic N) is 5. The third kappa shape index (κ3) is 3.51. The Morgan fingerprint density at radius 3 is 2.81 bits per heavy atom. The number of aromatic nitrogens is 3. The van der Waals surface area contributed by atoms with Crippen molar-refractivity contribution in [3.05, 3.63) is 18.2 Å². The number of sulfonamides is 1. The lowest BCUT2D eigenvalue weighted by molar-refractivity contribution is -0.140. The molecule has 9 nitrogen and oxygen atoms in total. The van der Waals surface area contributed by atoms with Crippen LogP contribution >= 0.6 is 0 Å². The molecule has 0 saturated carbocycles. The Balaban J connectivity index is 1.79. The van der Waals surface area contributed by atoms with Crippen LogP contribution in [0, 0.1) is 0 Å². The van der Waals surface area contributed by atoms with Gasteiger partial charge in [0.05, 0.1) is 4.90 Å². The number of benzene rings is 1. The van der Waals surface area contributed by atoms with Gasteiger partial charge < -0.3 is 9.74 Å². The number of piperidine rings is 1. The SMILES string of the molecule is C[C@H]1CCCCN1C(=O)COn1nnc2ccc(S(=O)(=O)N(C)C)cc21. The van der Waals surface area contributed by atoms with Crippen LogP contribution in [0.15, 0.2) is 23.1 Å². The van der Waals surface area contributed by atoms with Crippen molar-refractivity contribution in [2.45, 2.75) is 37.1 Å². The summed E-state index contributed by atoms with van der Waals surface area (Å²) in [4.78, 5) is 20.9. The standard InChI is InChI=1S/C16H23N5O4S/c1-12-6-4-5-9-20(12)16(22)11-25-21-15-10-13(26(23,24)19(2)3)7-8-14(15)17-18-21/h7-8,10,12H,4-6,9,11H2,1-3H3/t12-/m0/s1. The normalized spacial score (nSPS) is 18.5. The summed E-state index contributed by atoms with van der Waals surface area (Å²) >= 11 is 0. The summed E-state index contributed by atoms with van der Waals surface area (Å²) < 4.78 is 25.7. The highest BCUT2D eigenvalue weighted by molar-refractivity contribution is 7.89. The van der Waals surface area contributed by atoms with E-state index in [1.54, 1.807) is 6.07 Å². The summed E-state index contributed by atoms with van der Waals surface area (Å²) in [6.45, 7) is 2.58. The molecule has 1 saturated heterocycles. The van der Waals surface area contributed by atoms with Gasteiger partial charge in [-0.15, -0.1) is 5.10 Å². The van der Waals surface area contributed by atoms with Crippen molar-refractivity contribution < 1.29 is 18.0 Å². The van der Waals surface area contributed by atoms with Crippen LogP contribution in [0.4, 0.5) is 0 Å². The van der Waals surface area contributed by atoms with Gasteiger partial charge in [-0.2, -0.15) is 0 Å². The molecule has 1 aromatic carbocycles. The highest BCUT2D eigenvalue weighted by Crippen LogP contribution is 2.19. The molecule has 0 N–H and O–H groups in total. The number of likely N-dealkylation sites (tertiary alicyclic amines) is 1. The van der Waals surface area contributed by atoms with E-state index >= 15 is 0 Å². The Morgan fingerprint density at radius 2 is 2.12 bits per heavy atom. The van der Waals surface area contributed by atoms with E-state index in [-0.39, 0.29) is 23.5 Å². The molecule has 10 heteroatoms. The molecule has 0 spiro atoms. The van der Waals surface area contributed by atoms with Gasteiger partial charge in [-0.25, -0.2) is 12.7 Å². The van der Waals surface area contributed by atoms with E-state index in [0.717, 1.165) is 35.0 Å². The predicted molar refractivity (Wildman–Crippen MR) is 94.9 cm³/mol. The van der Waals surface area contributed by atoms with E-state index in [2.05, 4.69) is 10.3 Å². The first-order chi connectivity index (χ1) is 12.3. The highest BCUT2D eigenvalue weighted by atomic mass is 32.2. The zero-order valence-electron chi connectivity index (χ0n) is 15.1. The lowest BCUT2D eigenvalue weighted by atomic mass is 10.0. The third-order valence-electron chi connectivity index (χ3n) is 4.60. The second kappa shape index (κ2) is 7.20. The Kier molecular flexibility index (Phi) is 5.15. The van der Waals surface area contributed by atoms with Crippen molar-refractivity contribution in [1.29, 1.82) is 0 Å². The highest BCUT2D eigenvalue weighted by Gasteiger charge is 2.24. The molecular weight excluding hydrogens is 358 g/mol. The van der Waals surface area contributed by atoms with Crippen LogP contribution in [0.3, 0.4) is 0 Å². The van der Waals surface area contributed by atoms with Crippen molar-refractivity contribution in [1.82, 2.24) is 24.4 Å². The van der Waals surface area contributed by atoms with Crippen LogP contribution in [0.1, 0.15) is 26.2 Å². The molecule has 1 aliphatic heterocycles. The fourth-order valence-electron chi connectivity index (χ4n) is 3.01. The summed E-state index contributed by atoms with van der Waals surface area (Å²) in [5.41, 5.74) is 0.883. The van der Waals surface area contributed by atoms with Crippen LogP contribution in [0.2, 0.25) is 0 Å². The summed E-state index contributed by atoms with van der Waals surface area (Å²) in [7, 11) is -0.660. The second-order valence-electron chi connectivity index (χ2n) is 6.61. The van der Waals surface area contributed by atoms with Gasteiger partial charge in [0, 0.05) is 26.7 Å². The van der Waals surface area contributed by atoms with Crippen LogP contribution in [-0.2, 0) is 14.8 Å². The Bertz CT molecular complexity index is 909. The molecule has 3 rings (SSSR count). The van der Waals surface area contributed by atoms with Gasteiger partial charge in [-0.1, -0.05) is 4.85 Å². The summed E-state index contributed by atoms with van der Waals surface area (Å²) in [5, 5.41) is 7.81. The molecule has 1 fully saturated rings. The zero-order valence-corrected chi connectivity index (χ0v) is 15.9. The first kappa shape index (κ1) is 18.6. The summed E-state index contributed by atoms with van der Waals surface area (Å²) in [6, 6.07) is 4.67. The Labute approximate surface area is 152 Å². The fourth-order valence-corrected chi connectivity index (χ4v) is 3.93.